The first-order valence-corrected chi connectivity index (χ1v) is 12.1. The van der Waals surface area contributed by atoms with Crippen molar-refractivity contribution in [1.82, 2.24) is 5.32 Å². The highest BCUT2D eigenvalue weighted by Crippen LogP contribution is 2.31. The van der Waals surface area contributed by atoms with Crippen molar-refractivity contribution >= 4 is 47.3 Å². The Labute approximate surface area is 228 Å². The van der Waals surface area contributed by atoms with E-state index in [1.807, 2.05) is 6.92 Å². The summed E-state index contributed by atoms with van der Waals surface area (Å²) in [5, 5.41) is 13.1. The van der Waals surface area contributed by atoms with Gasteiger partial charge < -0.3 is 9.47 Å². The van der Waals surface area contributed by atoms with Gasteiger partial charge in [-0.2, -0.15) is 0 Å². The van der Waals surface area contributed by atoms with E-state index < -0.39 is 28.7 Å². The standard InChI is InChI=1S/C29H23N3O8/c1-3-39-25-17-20(9-13-24(25)40-26(33)14-10-19-5-4-6-22(15-19)32(37)38)16-23-27(34)30-29(36)31(28(23)35)21-11-7-18(2)8-12-21/h4-17H,3H2,1-2H3,(H,30,34,36)/b14-10+,23-16+. The molecule has 0 saturated carbocycles. The van der Waals surface area contributed by atoms with E-state index in [-0.39, 0.29) is 29.4 Å². The fraction of sp³-hybridized carbons (Fsp3) is 0.103. The third-order valence-corrected chi connectivity index (χ3v) is 5.68. The van der Waals surface area contributed by atoms with E-state index in [9.17, 15) is 29.3 Å². The SMILES string of the molecule is CCOc1cc(/C=C2\C(=O)NC(=O)N(c3ccc(C)cc3)C2=O)ccc1OC(=O)/C=C/c1cccc([N+](=O)[O-])c1. The topological polar surface area (TPSA) is 145 Å². The second-order valence-electron chi connectivity index (χ2n) is 8.54. The molecule has 1 aliphatic rings. The molecule has 202 valence electrons. The van der Waals surface area contributed by atoms with E-state index in [0.29, 0.717) is 16.8 Å². The Hall–Kier alpha value is -5.58. The number of imide groups is 2. The zero-order valence-corrected chi connectivity index (χ0v) is 21.5. The van der Waals surface area contributed by atoms with Crippen molar-refractivity contribution in [1.29, 1.82) is 0 Å². The van der Waals surface area contributed by atoms with Crippen LogP contribution in [-0.2, 0) is 14.4 Å². The van der Waals surface area contributed by atoms with E-state index >= 15 is 0 Å². The second-order valence-corrected chi connectivity index (χ2v) is 8.54. The predicted octanol–water partition coefficient (Wildman–Crippen LogP) is 4.59. The molecule has 1 fully saturated rings. The smallest absolute Gasteiger partial charge is 0.336 e. The van der Waals surface area contributed by atoms with Crippen LogP contribution in [0.25, 0.3) is 12.2 Å². The molecule has 0 aromatic heterocycles. The molecule has 11 heteroatoms. The highest BCUT2D eigenvalue weighted by molar-refractivity contribution is 6.39. The lowest BCUT2D eigenvalue weighted by Gasteiger charge is -2.26. The van der Waals surface area contributed by atoms with Crippen LogP contribution < -0.4 is 19.7 Å². The monoisotopic (exact) mass is 541 g/mol. The first-order chi connectivity index (χ1) is 19.2. The quantitative estimate of drug-likeness (QED) is 0.109. The summed E-state index contributed by atoms with van der Waals surface area (Å²) in [6, 6.07) is 16.0. The molecule has 0 aliphatic carbocycles. The molecule has 1 N–H and O–H groups in total. The number of non-ortho nitro benzene ring substituents is 1. The van der Waals surface area contributed by atoms with Crippen LogP contribution >= 0.6 is 0 Å². The molecule has 1 heterocycles. The van der Waals surface area contributed by atoms with Gasteiger partial charge in [0.1, 0.15) is 5.57 Å². The Morgan fingerprint density at radius 3 is 2.45 bits per heavy atom. The molecule has 1 aliphatic heterocycles. The molecule has 0 atom stereocenters. The molecular weight excluding hydrogens is 518 g/mol. The van der Waals surface area contributed by atoms with Gasteiger partial charge in [0.15, 0.2) is 11.5 Å². The fourth-order valence-electron chi connectivity index (χ4n) is 3.77. The van der Waals surface area contributed by atoms with Gasteiger partial charge in [-0.15, -0.1) is 0 Å². The maximum Gasteiger partial charge on any atom is 0.336 e. The fourth-order valence-corrected chi connectivity index (χ4v) is 3.77. The highest BCUT2D eigenvalue weighted by Gasteiger charge is 2.36. The summed E-state index contributed by atoms with van der Waals surface area (Å²) in [6.45, 7) is 3.81. The second kappa shape index (κ2) is 11.9. The van der Waals surface area contributed by atoms with E-state index in [1.54, 1.807) is 37.3 Å². The van der Waals surface area contributed by atoms with Crippen LogP contribution in [-0.4, -0.2) is 35.3 Å². The van der Waals surface area contributed by atoms with Crippen molar-refractivity contribution in [3.8, 4) is 11.5 Å². The first kappa shape index (κ1) is 27.5. The molecule has 0 bridgehead atoms. The Bertz CT molecular complexity index is 1570. The molecule has 0 radical (unpaired) electrons. The molecule has 40 heavy (non-hydrogen) atoms. The number of carbonyl (C=O) groups excluding carboxylic acids is 4. The average molecular weight is 542 g/mol. The number of hydrogen-bond acceptors (Lipinski definition) is 8. The van der Waals surface area contributed by atoms with Gasteiger partial charge in [0.2, 0.25) is 0 Å². The minimum atomic E-state index is -0.855. The van der Waals surface area contributed by atoms with Gasteiger partial charge >= 0.3 is 12.0 Å². The zero-order chi connectivity index (χ0) is 28.8. The Balaban J connectivity index is 1.56. The lowest BCUT2D eigenvalue weighted by Crippen LogP contribution is -2.54. The number of rotatable bonds is 8. The number of nitro groups is 1. The molecular formula is C29H23N3O8. The van der Waals surface area contributed by atoms with Crippen LogP contribution in [0, 0.1) is 17.0 Å². The zero-order valence-electron chi connectivity index (χ0n) is 21.5. The van der Waals surface area contributed by atoms with Crippen LogP contribution in [0.4, 0.5) is 16.2 Å². The number of nitrogens with one attached hydrogen (secondary N) is 1. The van der Waals surface area contributed by atoms with Crippen LogP contribution in [0.1, 0.15) is 23.6 Å². The number of nitro benzene ring substituents is 1. The van der Waals surface area contributed by atoms with E-state index in [2.05, 4.69) is 5.32 Å². The minimum absolute atomic E-state index is 0.0774. The van der Waals surface area contributed by atoms with Gasteiger partial charge in [-0.05, 0) is 61.4 Å². The Morgan fingerprint density at radius 1 is 1.00 bits per heavy atom. The summed E-state index contributed by atoms with van der Waals surface area (Å²) >= 11 is 0. The Kier molecular flexibility index (Phi) is 8.14. The number of amides is 4. The van der Waals surface area contributed by atoms with E-state index in [0.717, 1.165) is 16.5 Å². The van der Waals surface area contributed by atoms with Gasteiger partial charge in [0.05, 0.1) is 17.2 Å². The number of barbiturate groups is 1. The molecule has 1 saturated heterocycles. The number of aryl methyl sites for hydroxylation is 1. The summed E-state index contributed by atoms with van der Waals surface area (Å²) in [5.74, 6) is -2.15. The minimum Gasteiger partial charge on any atom is -0.490 e. The van der Waals surface area contributed by atoms with Crippen molar-refractivity contribution < 1.29 is 33.6 Å². The van der Waals surface area contributed by atoms with Crippen LogP contribution in [0.3, 0.4) is 0 Å². The largest absolute Gasteiger partial charge is 0.490 e. The molecule has 3 aromatic rings. The van der Waals surface area contributed by atoms with Crippen molar-refractivity contribution in [2.75, 3.05) is 11.5 Å². The molecule has 11 nitrogen and oxygen atoms in total. The number of hydrogen-bond donors (Lipinski definition) is 1. The number of carbonyl (C=O) groups is 4. The normalized spacial score (nSPS) is 14.4. The number of urea groups is 1. The van der Waals surface area contributed by atoms with Gasteiger partial charge in [-0.1, -0.05) is 35.9 Å². The third kappa shape index (κ3) is 6.27. The van der Waals surface area contributed by atoms with Crippen molar-refractivity contribution in [3.05, 3.63) is 105 Å². The Morgan fingerprint density at radius 2 is 1.75 bits per heavy atom. The van der Waals surface area contributed by atoms with E-state index in [4.69, 9.17) is 9.47 Å². The maximum atomic E-state index is 13.1. The summed E-state index contributed by atoms with van der Waals surface area (Å²) < 4.78 is 11.0. The maximum absolute atomic E-state index is 13.1. The molecule has 0 unspecified atom stereocenters. The number of ether oxygens (including phenoxy) is 2. The summed E-state index contributed by atoms with van der Waals surface area (Å²) in [6.07, 6.45) is 3.80. The van der Waals surface area contributed by atoms with E-state index in [1.165, 1.54) is 48.6 Å². The lowest BCUT2D eigenvalue weighted by molar-refractivity contribution is -0.384. The van der Waals surface area contributed by atoms with Crippen LogP contribution in [0.2, 0.25) is 0 Å². The number of benzene rings is 3. The lowest BCUT2D eigenvalue weighted by atomic mass is 10.1. The van der Waals surface area contributed by atoms with Gasteiger partial charge in [-0.25, -0.2) is 14.5 Å². The van der Waals surface area contributed by atoms with Crippen molar-refractivity contribution in [3.63, 3.8) is 0 Å². The summed E-state index contributed by atoms with van der Waals surface area (Å²) in [4.78, 5) is 61.8. The van der Waals surface area contributed by atoms with Gasteiger partial charge in [0, 0.05) is 18.2 Å². The average Bonchev–Trinajstić information content (AvgIpc) is 2.92. The van der Waals surface area contributed by atoms with Crippen LogP contribution in [0.5, 0.6) is 11.5 Å². The highest BCUT2D eigenvalue weighted by atomic mass is 16.6. The van der Waals surface area contributed by atoms with Crippen LogP contribution in [0.15, 0.2) is 78.4 Å². The van der Waals surface area contributed by atoms with Crippen molar-refractivity contribution in [2.24, 2.45) is 0 Å². The third-order valence-electron chi connectivity index (χ3n) is 5.68. The molecule has 4 rings (SSSR count). The molecule has 4 amide bonds. The summed E-state index contributed by atoms with van der Waals surface area (Å²) in [7, 11) is 0. The first-order valence-electron chi connectivity index (χ1n) is 12.1. The van der Waals surface area contributed by atoms with Crippen molar-refractivity contribution in [2.45, 2.75) is 13.8 Å². The van der Waals surface area contributed by atoms with Gasteiger partial charge in [-0.3, -0.25) is 25.0 Å². The predicted molar refractivity (Wildman–Crippen MR) is 146 cm³/mol. The number of esters is 1. The number of anilines is 1. The summed E-state index contributed by atoms with van der Waals surface area (Å²) in [5.41, 5.74) is 1.67. The molecule has 0 spiro atoms. The van der Waals surface area contributed by atoms with Gasteiger partial charge in [0.25, 0.3) is 17.5 Å². The molecule has 3 aromatic carbocycles. The number of nitrogens with zero attached hydrogens (tertiary/aromatic N) is 2.